The Morgan fingerprint density at radius 1 is 1.12 bits per heavy atom. The molecular weight excluding hydrogens is 404 g/mol. The Balaban J connectivity index is 1.55. The second-order valence-corrected chi connectivity index (χ2v) is 8.48. The first-order valence-corrected chi connectivity index (χ1v) is 11.4. The second-order valence-electron chi connectivity index (χ2n) is 8.48. The SMILES string of the molecule is CCCCNc1nc(N)nc2ncn(Cc3ccc(CN4CCN(C)CC4)cc3OC)c12. The molecular formula is C23H34N8O. The Morgan fingerprint density at radius 3 is 2.69 bits per heavy atom. The molecule has 3 heterocycles. The van der Waals surface area contributed by atoms with Crippen molar-refractivity contribution in [1.29, 1.82) is 0 Å². The highest BCUT2D eigenvalue weighted by atomic mass is 16.5. The summed E-state index contributed by atoms with van der Waals surface area (Å²) in [5, 5.41) is 3.40. The number of nitrogens with zero attached hydrogens (tertiary/aromatic N) is 6. The number of nitrogens with two attached hydrogens (primary N) is 1. The van der Waals surface area contributed by atoms with Crippen LogP contribution in [0.25, 0.3) is 11.2 Å². The molecule has 4 rings (SSSR count). The van der Waals surface area contributed by atoms with Crippen LogP contribution in [0.3, 0.4) is 0 Å². The topological polar surface area (TPSA) is 97.4 Å². The largest absolute Gasteiger partial charge is 0.496 e. The molecule has 9 heteroatoms. The highest BCUT2D eigenvalue weighted by Gasteiger charge is 2.17. The van der Waals surface area contributed by atoms with Crippen molar-refractivity contribution in [3.63, 3.8) is 0 Å². The molecule has 0 unspecified atom stereocenters. The van der Waals surface area contributed by atoms with Crippen LogP contribution < -0.4 is 15.8 Å². The van der Waals surface area contributed by atoms with Crippen LogP contribution in [0.2, 0.25) is 0 Å². The van der Waals surface area contributed by atoms with Gasteiger partial charge in [0, 0.05) is 44.8 Å². The molecule has 0 spiro atoms. The van der Waals surface area contributed by atoms with E-state index < -0.39 is 0 Å². The lowest BCUT2D eigenvalue weighted by atomic mass is 10.1. The highest BCUT2D eigenvalue weighted by Crippen LogP contribution is 2.26. The van der Waals surface area contributed by atoms with Crippen molar-refractivity contribution in [1.82, 2.24) is 29.3 Å². The number of fused-ring (bicyclic) bond motifs is 1. The molecule has 0 radical (unpaired) electrons. The van der Waals surface area contributed by atoms with Gasteiger partial charge >= 0.3 is 0 Å². The fourth-order valence-corrected chi connectivity index (χ4v) is 4.09. The summed E-state index contributed by atoms with van der Waals surface area (Å²) in [6.45, 7) is 8.97. The molecule has 9 nitrogen and oxygen atoms in total. The number of piperazine rings is 1. The van der Waals surface area contributed by atoms with Gasteiger partial charge in [-0.15, -0.1) is 0 Å². The van der Waals surface area contributed by atoms with Gasteiger partial charge in [0.25, 0.3) is 0 Å². The number of aromatic nitrogens is 4. The van der Waals surface area contributed by atoms with Gasteiger partial charge in [-0.05, 0) is 25.1 Å². The van der Waals surface area contributed by atoms with Crippen molar-refractivity contribution >= 4 is 22.9 Å². The van der Waals surface area contributed by atoms with Crippen LogP contribution in [0.4, 0.5) is 11.8 Å². The van der Waals surface area contributed by atoms with Gasteiger partial charge in [-0.25, -0.2) is 4.98 Å². The Labute approximate surface area is 189 Å². The maximum atomic E-state index is 5.90. The first-order valence-electron chi connectivity index (χ1n) is 11.4. The standard InChI is InChI=1S/C23H34N8O/c1-4-5-8-25-21-20-22(28-23(24)27-21)26-16-31(20)15-18-7-6-17(13-19(18)32-3)14-30-11-9-29(2)10-12-30/h6-7,13,16H,4-5,8-12,14-15H2,1-3H3,(H3,24,25,27,28). The first kappa shape index (κ1) is 22.3. The summed E-state index contributed by atoms with van der Waals surface area (Å²) in [4.78, 5) is 18.1. The molecule has 1 saturated heterocycles. The van der Waals surface area contributed by atoms with Crippen LogP contribution in [0, 0.1) is 0 Å². The minimum absolute atomic E-state index is 0.229. The molecule has 0 aliphatic carbocycles. The number of nitrogen functional groups attached to an aromatic ring is 1. The lowest BCUT2D eigenvalue weighted by Crippen LogP contribution is -2.43. The Morgan fingerprint density at radius 2 is 1.94 bits per heavy atom. The van der Waals surface area contributed by atoms with E-state index in [4.69, 9.17) is 10.5 Å². The smallest absolute Gasteiger partial charge is 0.224 e. The van der Waals surface area contributed by atoms with Crippen LogP contribution in [0.1, 0.15) is 30.9 Å². The van der Waals surface area contributed by atoms with Gasteiger partial charge in [0.2, 0.25) is 5.95 Å². The summed E-state index contributed by atoms with van der Waals surface area (Å²) < 4.78 is 7.81. The van der Waals surface area contributed by atoms with Gasteiger partial charge in [-0.1, -0.05) is 25.5 Å². The van der Waals surface area contributed by atoms with Crippen LogP contribution in [-0.2, 0) is 13.1 Å². The highest BCUT2D eigenvalue weighted by molar-refractivity contribution is 5.84. The van der Waals surface area contributed by atoms with E-state index in [1.54, 1.807) is 13.4 Å². The van der Waals surface area contributed by atoms with Gasteiger partial charge in [0.05, 0.1) is 20.0 Å². The van der Waals surface area contributed by atoms with Crippen LogP contribution in [0.5, 0.6) is 5.75 Å². The third kappa shape index (κ3) is 5.11. The lowest BCUT2D eigenvalue weighted by molar-refractivity contribution is 0.148. The summed E-state index contributed by atoms with van der Waals surface area (Å²) in [7, 11) is 3.91. The van der Waals surface area contributed by atoms with Gasteiger partial charge < -0.3 is 25.3 Å². The molecule has 3 aromatic rings. The van der Waals surface area contributed by atoms with Crippen LogP contribution >= 0.6 is 0 Å². The Bertz CT molecular complexity index is 1040. The molecule has 1 fully saturated rings. The third-order valence-corrected chi connectivity index (χ3v) is 6.01. The number of nitrogens with one attached hydrogen (secondary N) is 1. The number of hydrogen-bond acceptors (Lipinski definition) is 8. The van der Waals surface area contributed by atoms with Crippen molar-refractivity contribution in [2.24, 2.45) is 0 Å². The van der Waals surface area contributed by atoms with Gasteiger partial charge in [-0.3, -0.25) is 4.90 Å². The Kier molecular flexibility index (Phi) is 7.06. The number of benzene rings is 1. The second kappa shape index (κ2) is 10.1. The van der Waals surface area contributed by atoms with E-state index in [9.17, 15) is 0 Å². The molecule has 0 atom stereocenters. The average molecular weight is 439 g/mol. The quantitative estimate of drug-likeness (QED) is 0.492. The molecule has 0 amide bonds. The molecule has 2 aromatic heterocycles. The van der Waals surface area contributed by atoms with Crippen molar-refractivity contribution in [3.05, 3.63) is 35.7 Å². The van der Waals surface area contributed by atoms with Gasteiger partial charge in [0.15, 0.2) is 11.5 Å². The Hall–Kier alpha value is -2.91. The fraction of sp³-hybridized carbons (Fsp3) is 0.522. The zero-order chi connectivity index (χ0) is 22.5. The van der Waals surface area contributed by atoms with E-state index in [1.165, 1.54) is 5.56 Å². The monoisotopic (exact) mass is 438 g/mol. The zero-order valence-electron chi connectivity index (χ0n) is 19.3. The molecule has 32 heavy (non-hydrogen) atoms. The first-order chi connectivity index (χ1) is 15.6. The normalized spacial score (nSPS) is 15.3. The summed E-state index contributed by atoms with van der Waals surface area (Å²) in [5.74, 6) is 1.84. The van der Waals surface area contributed by atoms with E-state index in [0.717, 1.165) is 74.8 Å². The maximum Gasteiger partial charge on any atom is 0.224 e. The van der Waals surface area contributed by atoms with E-state index in [2.05, 4.69) is 66.8 Å². The van der Waals surface area contributed by atoms with Crippen molar-refractivity contribution < 1.29 is 4.74 Å². The van der Waals surface area contributed by atoms with Crippen LogP contribution in [-0.4, -0.2) is 76.2 Å². The minimum atomic E-state index is 0.229. The molecule has 0 bridgehead atoms. The van der Waals surface area contributed by atoms with Gasteiger partial charge in [0.1, 0.15) is 11.3 Å². The number of ether oxygens (including phenoxy) is 1. The zero-order valence-corrected chi connectivity index (χ0v) is 19.3. The van der Waals surface area contributed by atoms with Crippen molar-refractivity contribution in [2.75, 3.05) is 57.9 Å². The molecule has 1 aliphatic rings. The lowest BCUT2D eigenvalue weighted by Gasteiger charge is -2.32. The maximum absolute atomic E-state index is 5.90. The van der Waals surface area contributed by atoms with E-state index >= 15 is 0 Å². The van der Waals surface area contributed by atoms with E-state index in [0.29, 0.717) is 12.2 Å². The molecule has 0 saturated carbocycles. The summed E-state index contributed by atoms with van der Waals surface area (Å²) in [5.41, 5.74) is 9.71. The van der Waals surface area contributed by atoms with E-state index in [1.807, 2.05) is 0 Å². The fourth-order valence-electron chi connectivity index (χ4n) is 4.09. The number of unbranched alkanes of at least 4 members (excludes halogenated alkanes) is 1. The number of likely N-dealkylation sites (N-methyl/N-ethyl adjacent to an activating group) is 1. The number of methoxy groups -OCH3 is 1. The van der Waals surface area contributed by atoms with Crippen LogP contribution in [0.15, 0.2) is 24.5 Å². The number of imidazole rings is 1. The number of hydrogen-bond donors (Lipinski definition) is 2. The minimum Gasteiger partial charge on any atom is -0.496 e. The summed E-state index contributed by atoms with van der Waals surface area (Å²) in [6, 6.07) is 6.50. The predicted octanol–water partition coefficient (Wildman–Crippen LogP) is 2.42. The average Bonchev–Trinajstić information content (AvgIpc) is 3.19. The third-order valence-electron chi connectivity index (χ3n) is 6.01. The molecule has 3 N–H and O–H groups in total. The van der Waals surface area contributed by atoms with Gasteiger partial charge in [-0.2, -0.15) is 9.97 Å². The van der Waals surface area contributed by atoms with E-state index in [-0.39, 0.29) is 5.95 Å². The number of anilines is 2. The molecule has 172 valence electrons. The summed E-state index contributed by atoms with van der Waals surface area (Å²) >= 11 is 0. The molecule has 1 aliphatic heterocycles. The van der Waals surface area contributed by atoms with Crippen molar-refractivity contribution in [3.8, 4) is 5.75 Å². The molecule has 1 aromatic carbocycles. The number of rotatable bonds is 9. The summed E-state index contributed by atoms with van der Waals surface area (Å²) in [6.07, 6.45) is 3.96. The van der Waals surface area contributed by atoms with Crippen molar-refractivity contribution in [2.45, 2.75) is 32.9 Å². The predicted molar refractivity (Wildman–Crippen MR) is 128 cm³/mol.